The molecule has 1 aromatic carbocycles. The second-order valence-electron chi connectivity index (χ2n) is 5.03. The average molecular weight is 275 g/mol. The molecule has 6 nitrogen and oxygen atoms in total. The molecule has 1 N–H and O–H groups in total. The second kappa shape index (κ2) is 5.42. The average Bonchev–Trinajstić information content (AvgIpc) is 2.62. The molecule has 0 saturated carbocycles. The van der Waals surface area contributed by atoms with E-state index in [-0.39, 0.29) is 17.7 Å². The highest BCUT2D eigenvalue weighted by atomic mass is 16.2. The lowest BCUT2D eigenvalue weighted by molar-refractivity contribution is -0.116. The Kier molecular flexibility index (Phi) is 3.85. The lowest BCUT2D eigenvalue weighted by Crippen LogP contribution is -2.24. The first-order valence-electron chi connectivity index (χ1n) is 6.31. The molecule has 2 rings (SSSR count). The van der Waals surface area contributed by atoms with Gasteiger partial charge < -0.3 is 10.2 Å². The van der Waals surface area contributed by atoms with E-state index in [1.54, 1.807) is 18.2 Å². The number of fused-ring (bicyclic) bond motifs is 1. The van der Waals surface area contributed by atoms with Gasteiger partial charge >= 0.3 is 0 Å². The number of hydrogen-bond acceptors (Lipinski definition) is 4. The quantitative estimate of drug-likeness (QED) is 0.825. The summed E-state index contributed by atoms with van der Waals surface area (Å²) < 4.78 is 0. The van der Waals surface area contributed by atoms with Crippen LogP contribution >= 0.6 is 0 Å². The van der Waals surface area contributed by atoms with Crippen molar-refractivity contribution in [1.82, 2.24) is 9.80 Å². The SMILES string of the molecule is CN(C)CCC(=O)Nc1ccc2c(c1)C(=O)N(C)C2=O. The maximum Gasteiger partial charge on any atom is 0.261 e. The first kappa shape index (κ1) is 14.2. The Labute approximate surface area is 117 Å². The van der Waals surface area contributed by atoms with Gasteiger partial charge in [0.2, 0.25) is 5.91 Å². The Morgan fingerprint density at radius 1 is 1.20 bits per heavy atom. The zero-order valence-corrected chi connectivity index (χ0v) is 11.8. The van der Waals surface area contributed by atoms with Crippen LogP contribution in [-0.4, -0.2) is 55.2 Å². The zero-order chi connectivity index (χ0) is 14.9. The first-order valence-corrected chi connectivity index (χ1v) is 6.31. The number of hydrogen-bond donors (Lipinski definition) is 1. The number of nitrogens with zero attached hydrogens (tertiary/aromatic N) is 2. The number of nitrogens with one attached hydrogen (secondary N) is 1. The van der Waals surface area contributed by atoms with E-state index in [9.17, 15) is 14.4 Å². The molecule has 1 aliphatic rings. The Bertz CT molecular complexity index is 581. The second-order valence-corrected chi connectivity index (χ2v) is 5.03. The van der Waals surface area contributed by atoms with Crippen molar-refractivity contribution in [3.63, 3.8) is 0 Å². The molecule has 0 aromatic heterocycles. The van der Waals surface area contributed by atoms with Crippen LogP contribution in [0.2, 0.25) is 0 Å². The van der Waals surface area contributed by atoms with Crippen molar-refractivity contribution in [3.05, 3.63) is 29.3 Å². The molecule has 1 aliphatic heterocycles. The zero-order valence-electron chi connectivity index (χ0n) is 11.8. The lowest BCUT2D eigenvalue weighted by Gasteiger charge is -2.10. The van der Waals surface area contributed by atoms with Crippen LogP contribution in [0.4, 0.5) is 5.69 Å². The van der Waals surface area contributed by atoms with E-state index < -0.39 is 0 Å². The first-order chi connectivity index (χ1) is 9.40. The van der Waals surface area contributed by atoms with Gasteiger partial charge in [0.1, 0.15) is 0 Å². The van der Waals surface area contributed by atoms with Gasteiger partial charge in [0.15, 0.2) is 0 Å². The summed E-state index contributed by atoms with van der Waals surface area (Å²) in [5, 5.41) is 2.73. The summed E-state index contributed by atoms with van der Waals surface area (Å²) in [5.74, 6) is -0.770. The van der Waals surface area contributed by atoms with Crippen LogP contribution in [0.15, 0.2) is 18.2 Å². The predicted molar refractivity (Wildman–Crippen MR) is 74.7 cm³/mol. The molecule has 1 heterocycles. The third kappa shape index (κ3) is 2.70. The van der Waals surface area contributed by atoms with Gasteiger partial charge in [-0.3, -0.25) is 19.3 Å². The molecule has 0 unspecified atom stereocenters. The molecule has 0 aliphatic carbocycles. The smallest absolute Gasteiger partial charge is 0.261 e. The summed E-state index contributed by atoms with van der Waals surface area (Å²) in [6, 6.07) is 4.75. The van der Waals surface area contributed by atoms with Gasteiger partial charge in [-0.15, -0.1) is 0 Å². The Morgan fingerprint density at radius 3 is 2.50 bits per heavy atom. The minimum absolute atomic E-state index is 0.122. The maximum atomic E-state index is 11.8. The Balaban J connectivity index is 2.11. The molecule has 0 saturated heterocycles. The summed E-state index contributed by atoms with van der Waals surface area (Å²) in [4.78, 5) is 38.3. The van der Waals surface area contributed by atoms with Crippen molar-refractivity contribution < 1.29 is 14.4 Å². The van der Waals surface area contributed by atoms with Crippen molar-refractivity contribution >= 4 is 23.4 Å². The standard InChI is InChI=1S/C14H17N3O3/c1-16(2)7-6-12(18)15-9-4-5-10-11(8-9)14(20)17(3)13(10)19/h4-5,8H,6-7H2,1-3H3,(H,15,18). The molecule has 0 radical (unpaired) electrons. The summed E-state index contributed by atoms with van der Waals surface area (Å²) in [7, 11) is 5.23. The highest BCUT2D eigenvalue weighted by molar-refractivity contribution is 6.21. The number of carbonyl (C=O) groups excluding carboxylic acids is 3. The minimum Gasteiger partial charge on any atom is -0.326 e. The van der Waals surface area contributed by atoms with Crippen LogP contribution in [0.25, 0.3) is 0 Å². The van der Waals surface area contributed by atoms with E-state index in [0.717, 1.165) is 4.90 Å². The number of rotatable bonds is 4. The van der Waals surface area contributed by atoms with Crippen molar-refractivity contribution in [2.45, 2.75) is 6.42 Å². The van der Waals surface area contributed by atoms with Gasteiger partial charge in [0.25, 0.3) is 11.8 Å². The normalized spacial score (nSPS) is 13.9. The summed E-state index contributed by atoms with van der Waals surface area (Å²) in [5.41, 5.74) is 1.25. The largest absolute Gasteiger partial charge is 0.326 e. The Hall–Kier alpha value is -2.21. The molecule has 20 heavy (non-hydrogen) atoms. The fraction of sp³-hybridized carbons (Fsp3) is 0.357. The third-order valence-corrected chi connectivity index (χ3v) is 3.16. The molecule has 6 heteroatoms. The van der Waals surface area contributed by atoms with E-state index in [2.05, 4.69) is 5.32 Å². The molecular formula is C14H17N3O3. The van der Waals surface area contributed by atoms with Crippen LogP contribution in [0.1, 0.15) is 27.1 Å². The highest BCUT2D eigenvalue weighted by Gasteiger charge is 2.32. The van der Waals surface area contributed by atoms with Gasteiger partial charge in [-0.2, -0.15) is 0 Å². The van der Waals surface area contributed by atoms with Crippen molar-refractivity contribution in [3.8, 4) is 0 Å². The van der Waals surface area contributed by atoms with Crippen molar-refractivity contribution in [2.24, 2.45) is 0 Å². The van der Waals surface area contributed by atoms with Crippen molar-refractivity contribution in [1.29, 1.82) is 0 Å². The number of amides is 3. The topological polar surface area (TPSA) is 69.7 Å². The van der Waals surface area contributed by atoms with Crippen LogP contribution in [-0.2, 0) is 4.79 Å². The number of imide groups is 1. The van der Waals surface area contributed by atoms with E-state index in [0.29, 0.717) is 29.8 Å². The summed E-state index contributed by atoms with van der Waals surface area (Å²) in [6.45, 7) is 0.650. The third-order valence-electron chi connectivity index (χ3n) is 3.16. The monoisotopic (exact) mass is 275 g/mol. The fourth-order valence-electron chi connectivity index (χ4n) is 1.99. The van der Waals surface area contributed by atoms with E-state index in [1.807, 2.05) is 19.0 Å². The van der Waals surface area contributed by atoms with Gasteiger partial charge in [-0.25, -0.2) is 0 Å². The molecule has 0 atom stereocenters. The van der Waals surface area contributed by atoms with E-state index in [4.69, 9.17) is 0 Å². The van der Waals surface area contributed by atoms with E-state index in [1.165, 1.54) is 7.05 Å². The van der Waals surface area contributed by atoms with Crippen LogP contribution in [0.5, 0.6) is 0 Å². The number of carbonyl (C=O) groups is 3. The van der Waals surface area contributed by atoms with Gasteiger partial charge in [-0.1, -0.05) is 0 Å². The van der Waals surface area contributed by atoms with Gasteiger partial charge in [-0.05, 0) is 32.3 Å². The van der Waals surface area contributed by atoms with Crippen molar-refractivity contribution in [2.75, 3.05) is 33.0 Å². The van der Waals surface area contributed by atoms with Gasteiger partial charge in [0.05, 0.1) is 11.1 Å². The highest BCUT2D eigenvalue weighted by Crippen LogP contribution is 2.24. The van der Waals surface area contributed by atoms with Crippen LogP contribution < -0.4 is 5.32 Å². The maximum absolute atomic E-state index is 11.8. The number of benzene rings is 1. The molecule has 0 spiro atoms. The summed E-state index contributed by atoms with van der Waals surface area (Å²) >= 11 is 0. The molecular weight excluding hydrogens is 258 g/mol. The minimum atomic E-state index is -0.339. The number of anilines is 1. The van der Waals surface area contributed by atoms with Crippen LogP contribution in [0, 0.1) is 0 Å². The molecule has 0 fully saturated rings. The lowest BCUT2D eigenvalue weighted by atomic mass is 10.1. The molecule has 0 bridgehead atoms. The predicted octanol–water partition coefficient (Wildman–Crippen LogP) is 0.803. The van der Waals surface area contributed by atoms with Gasteiger partial charge in [0, 0.05) is 25.7 Å². The fourth-order valence-corrected chi connectivity index (χ4v) is 1.99. The molecule has 3 amide bonds. The van der Waals surface area contributed by atoms with Crippen LogP contribution in [0.3, 0.4) is 0 Å². The summed E-state index contributed by atoms with van der Waals surface area (Å²) in [6.07, 6.45) is 0.372. The Morgan fingerprint density at radius 2 is 1.85 bits per heavy atom. The molecule has 1 aromatic rings. The molecule has 106 valence electrons. The van der Waals surface area contributed by atoms with E-state index >= 15 is 0 Å².